The Hall–Kier alpha value is -0.530. The summed E-state index contributed by atoms with van der Waals surface area (Å²) in [5.74, 6) is 0. The van der Waals surface area contributed by atoms with Crippen LogP contribution in [-0.4, -0.2) is 7.05 Å². The Balaban J connectivity index is 2.93. The second-order valence-corrected chi connectivity index (χ2v) is 3.03. The normalized spacial score (nSPS) is 10.1. The maximum absolute atomic E-state index is 5.93. The maximum atomic E-state index is 5.93. The van der Waals surface area contributed by atoms with Crippen LogP contribution in [0.25, 0.3) is 0 Å². The molecule has 0 atom stereocenters. The molecule has 0 bridgehead atoms. The molecule has 0 aliphatic rings. The number of rotatable bonds is 2. The van der Waals surface area contributed by atoms with Gasteiger partial charge in [0.2, 0.25) is 0 Å². The standard InChI is InChI=1S/C9H12ClN/c1-7-3-4-9(10)8(5-7)6-11-2/h3-5,11H,6H2,1-2H3. The highest BCUT2D eigenvalue weighted by Gasteiger charge is 1.97. The van der Waals surface area contributed by atoms with E-state index >= 15 is 0 Å². The van der Waals surface area contributed by atoms with Gasteiger partial charge in [-0.1, -0.05) is 29.3 Å². The summed E-state index contributed by atoms with van der Waals surface area (Å²) in [7, 11) is 1.92. The average Bonchev–Trinajstić information content (AvgIpc) is 1.98. The van der Waals surface area contributed by atoms with Crippen molar-refractivity contribution in [1.82, 2.24) is 5.32 Å². The van der Waals surface area contributed by atoms with E-state index in [1.165, 1.54) is 5.56 Å². The summed E-state index contributed by atoms with van der Waals surface area (Å²) in [6, 6.07) is 6.05. The van der Waals surface area contributed by atoms with Crippen LogP contribution in [0.4, 0.5) is 0 Å². The Morgan fingerprint density at radius 1 is 1.45 bits per heavy atom. The first kappa shape index (κ1) is 8.57. The number of nitrogens with one attached hydrogen (secondary N) is 1. The predicted molar refractivity (Wildman–Crippen MR) is 49.0 cm³/mol. The Kier molecular flexibility index (Phi) is 2.92. The summed E-state index contributed by atoms with van der Waals surface area (Å²) in [6.45, 7) is 2.90. The summed E-state index contributed by atoms with van der Waals surface area (Å²) in [6.07, 6.45) is 0. The van der Waals surface area contributed by atoms with Crippen molar-refractivity contribution < 1.29 is 0 Å². The molecule has 2 heteroatoms. The third kappa shape index (κ3) is 2.21. The summed E-state index contributed by atoms with van der Waals surface area (Å²) in [5.41, 5.74) is 2.41. The van der Waals surface area contributed by atoms with E-state index in [-0.39, 0.29) is 0 Å². The van der Waals surface area contributed by atoms with Gasteiger partial charge in [-0.3, -0.25) is 0 Å². The molecule has 0 saturated heterocycles. The van der Waals surface area contributed by atoms with Gasteiger partial charge >= 0.3 is 0 Å². The van der Waals surface area contributed by atoms with Gasteiger partial charge in [0, 0.05) is 11.6 Å². The largest absolute Gasteiger partial charge is 0.316 e. The summed E-state index contributed by atoms with van der Waals surface area (Å²) in [5, 5.41) is 3.91. The second-order valence-electron chi connectivity index (χ2n) is 2.63. The topological polar surface area (TPSA) is 12.0 Å². The second kappa shape index (κ2) is 3.74. The third-order valence-electron chi connectivity index (χ3n) is 1.57. The van der Waals surface area contributed by atoms with Gasteiger partial charge in [0.05, 0.1) is 0 Å². The molecule has 1 rings (SSSR count). The van der Waals surface area contributed by atoms with E-state index in [1.807, 2.05) is 19.2 Å². The molecule has 0 fully saturated rings. The van der Waals surface area contributed by atoms with Gasteiger partial charge in [-0.15, -0.1) is 0 Å². The predicted octanol–water partition coefficient (Wildman–Crippen LogP) is 2.37. The Bertz CT molecular complexity index is 245. The van der Waals surface area contributed by atoms with E-state index in [9.17, 15) is 0 Å². The molecule has 0 aromatic heterocycles. The minimum absolute atomic E-state index is 0.834. The van der Waals surface area contributed by atoms with Gasteiger partial charge in [-0.25, -0.2) is 0 Å². The number of hydrogen-bond donors (Lipinski definition) is 1. The van der Waals surface area contributed by atoms with Crippen molar-refractivity contribution in [3.05, 3.63) is 34.3 Å². The lowest BCUT2D eigenvalue weighted by molar-refractivity contribution is 0.817. The van der Waals surface area contributed by atoms with Crippen LogP contribution in [0.5, 0.6) is 0 Å². The van der Waals surface area contributed by atoms with Crippen LogP contribution in [0.3, 0.4) is 0 Å². The SMILES string of the molecule is CNCc1cc(C)ccc1Cl. The zero-order valence-corrected chi connectivity index (χ0v) is 7.57. The highest BCUT2D eigenvalue weighted by molar-refractivity contribution is 6.31. The van der Waals surface area contributed by atoms with Crippen molar-refractivity contribution >= 4 is 11.6 Å². The van der Waals surface area contributed by atoms with E-state index in [0.29, 0.717) is 0 Å². The molecule has 0 heterocycles. The summed E-state index contributed by atoms with van der Waals surface area (Å²) in [4.78, 5) is 0. The Labute approximate surface area is 72.4 Å². The molecule has 0 amide bonds. The molecule has 0 aliphatic heterocycles. The van der Waals surface area contributed by atoms with Crippen LogP contribution in [0, 0.1) is 6.92 Å². The Morgan fingerprint density at radius 2 is 2.18 bits per heavy atom. The molecule has 1 aromatic carbocycles. The van der Waals surface area contributed by atoms with Gasteiger partial charge < -0.3 is 5.32 Å². The van der Waals surface area contributed by atoms with E-state index in [0.717, 1.165) is 17.1 Å². The first-order chi connectivity index (χ1) is 5.24. The first-order valence-electron chi connectivity index (χ1n) is 3.63. The summed E-state index contributed by atoms with van der Waals surface area (Å²) < 4.78 is 0. The van der Waals surface area contributed by atoms with Crippen LogP contribution in [0.1, 0.15) is 11.1 Å². The van der Waals surface area contributed by atoms with Gasteiger partial charge in [-0.05, 0) is 25.6 Å². The van der Waals surface area contributed by atoms with Crippen LogP contribution >= 0.6 is 11.6 Å². The zero-order chi connectivity index (χ0) is 8.27. The van der Waals surface area contributed by atoms with Crippen molar-refractivity contribution in [3.8, 4) is 0 Å². The maximum Gasteiger partial charge on any atom is 0.0451 e. The van der Waals surface area contributed by atoms with Crippen LogP contribution in [0.15, 0.2) is 18.2 Å². The fraction of sp³-hybridized carbons (Fsp3) is 0.333. The van der Waals surface area contributed by atoms with Crippen molar-refractivity contribution in [1.29, 1.82) is 0 Å². The van der Waals surface area contributed by atoms with Gasteiger partial charge in [0.15, 0.2) is 0 Å². The highest BCUT2D eigenvalue weighted by Crippen LogP contribution is 2.16. The minimum atomic E-state index is 0.834. The van der Waals surface area contributed by atoms with Crippen LogP contribution in [-0.2, 0) is 6.54 Å². The highest BCUT2D eigenvalue weighted by atomic mass is 35.5. The molecule has 60 valence electrons. The fourth-order valence-electron chi connectivity index (χ4n) is 1.03. The van der Waals surface area contributed by atoms with Crippen LogP contribution in [0.2, 0.25) is 5.02 Å². The molecule has 0 saturated carbocycles. The lowest BCUT2D eigenvalue weighted by Gasteiger charge is -2.03. The molecule has 0 aliphatic carbocycles. The molecule has 1 aromatic rings. The molecular formula is C9H12ClN. The van der Waals surface area contributed by atoms with E-state index in [1.54, 1.807) is 0 Å². The van der Waals surface area contributed by atoms with Crippen molar-refractivity contribution in [2.24, 2.45) is 0 Å². The number of aryl methyl sites for hydroxylation is 1. The number of hydrogen-bond acceptors (Lipinski definition) is 1. The molecule has 0 unspecified atom stereocenters. The third-order valence-corrected chi connectivity index (χ3v) is 1.94. The van der Waals surface area contributed by atoms with Gasteiger partial charge in [0.25, 0.3) is 0 Å². The Morgan fingerprint density at radius 3 is 2.82 bits per heavy atom. The minimum Gasteiger partial charge on any atom is -0.316 e. The molecule has 1 nitrogen and oxygen atoms in total. The smallest absolute Gasteiger partial charge is 0.0451 e. The van der Waals surface area contributed by atoms with Crippen molar-refractivity contribution in [2.75, 3.05) is 7.05 Å². The fourth-order valence-corrected chi connectivity index (χ4v) is 1.21. The molecule has 0 spiro atoms. The van der Waals surface area contributed by atoms with Crippen molar-refractivity contribution in [3.63, 3.8) is 0 Å². The molecule has 11 heavy (non-hydrogen) atoms. The van der Waals surface area contributed by atoms with E-state index in [4.69, 9.17) is 11.6 Å². The van der Waals surface area contributed by atoms with E-state index < -0.39 is 0 Å². The van der Waals surface area contributed by atoms with Crippen molar-refractivity contribution in [2.45, 2.75) is 13.5 Å². The monoisotopic (exact) mass is 169 g/mol. The first-order valence-corrected chi connectivity index (χ1v) is 4.01. The lowest BCUT2D eigenvalue weighted by Crippen LogP contribution is -2.05. The average molecular weight is 170 g/mol. The molecule has 1 N–H and O–H groups in total. The number of halogens is 1. The summed E-state index contributed by atoms with van der Waals surface area (Å²) >= 11 is 5.93. The van der Waals surface area contributed by atoms with Gasteiger partial charge in [0.1, 0.15) is 0 Å². The van der Waals surface area contributed by atoms with Crippen LogP contribution < -0.4 is 5.32 Å². The molecular weight excluding hydrogens is 158 g/mol. The van der Waals surface area contributed by atoms with Gasteiger partial charge in [-0.2, -0.15) is 0 Å². The molecule has 0 radical (unpaired) electrons. The quantitative estimate of drug-likeness (QED) is 0.717. The number of benzene rings is 1. The lowest BCUT2D eigenvalue weighted by atomic mass is 10.1. The zero-order valence-electron chi connectivity index (χ0n) is 6.82. The van der Waals surface area contributed by atoms with E-state index in [2.05, 4.69) is 18.3 Å².